The van der Waals surface area contributed by atoms with Gasteiger partial charge in [-0.25, -0.2) is 9.37 Å². The monoisotopic (exact) mass is 275 g/mol. The van der Waals surface area contributed by atoms with E-state index in [4.69, 9.17) is 11.6 Å². The Hall–Kier alpha value is -2.13. The number of hydrogen-bond acceptors (Lipinski definition) is 2. The number of pyridine rings is 1. The van der Waals surface area contributed by atoms with E-state index in [9.17, 15) is 9.50 Å². The maximum absolute atomic E-state index is 13.2. The minimum atomic E-state index is -0.398. The second kappa shape index (κ2) is 5.24. The summed E-state index contributed by atoms with van der Waals surface area (Å²) in [5, 5.41) is 10.2. The van der Waals surface area contributed by atoms with Crippen molar-refractivity contribution in [3.63, 3.8) is 0 Å². The van der Waals surface area contributed by atoms with Crippen molar-refractivity contribution in [2.45, 2.75) is 0 Å². The number of aromatic hydroxyl groups is 1. The van der Waals surface area contributed by atoms with E-state index < -0.39 is 5.82 Å². The molecule has 0 atom stereocenters. The molecule has 19 heavy (non-hydrogen) atoms. The van der Waals surface area contributed by atoms with Crippen LogP contribution in [0.4, 0.5) is 4.39 Å². The van der Waals surface area contributed by atoms with Crippen LogP contribution in [-0.4, -0.2) is 10.1 Å². The third-order valence-electron chi connectivity index (χ3n) is 2.62. The molecule has 0 aliphatic rings. The van der Waals surface area contributed by atoms with Crippen molar-refractivity contribution in [3.05, 3.63) is 60.6 Å². The van der Waals surface area contributed by atoms with Crippen LogP contribution in [0.3, 0.4) is 0 Å². The Labute approximate surface area is 115 Å². The van der Waals surface area contributed by atoms with Gasteiger partial charge in [-0.2, -0.15) is 0 Å². The van der Waals surface area contributed by atoms with Gasteiger partial charge in [0.1, 0.15) is 17.3 Å². The summed E-state index contributed by atoms with van der Waals surface area (Å²) in [7, 11) is 0. The Balaban J connectivity index is 2.65. The van der Waals surface area contributed by atoms with Crippen molar-refractivity contribution in [1.82, 2.24) is 4.98 Å². The molecule has 0 unspecified atom stereocenters. The zero-order valence-electron chi connectivity index (χ0n) is 10.0. The molecule has 0 saturated carbocycles. The van der Waals surface area contributed by atoms with E-state index in [2.05, 4.69) is 18.1 Å². The number of halogens is 2. The standard InChI is InChI=1S/C15H11ClFNO/c1-3-13-12(9(2)16)8-14(19)15(18-13)10-5-4-6-11(17)7-10/h3-8,19H,1-2H2. The number of aromatic nitrogens is 1. The summed E-state index contributed by atoms with van der Waals surface area (Å²) in [6, 6.07) is 7.27. The summed E-state index contributed by atoms with van der Waals surface area (Å²) in [4.78, 5) is 4.24. The van der Waals surface area contributed by atoms with Crippen LogP contribution < -0.4 is 0 Å². The summed E-state index contributed by atoms with van der Waals surface area (Å²) in [5.74, 6) is -0.488. The van der Waals surface area contributed by atoms with E-state index in [1.54, 1.807) is 12.1 Å². The summed E-state index contributed by atoms with van der Waals surface area (Å²) < 4.78 is 13.2. The van der Waals surface area contributed by atoms with Crippen LogP contribution in [0.15, 0.2) is 43.5 Å². The molecule has 2 nitrogen and oxygen atoms in total. The van der Waals surface area contributed by atoms with Crippen LogP contribution in [0.2, 0.25) is 0 Å². The van der Waals surface area contributed by atoms with E-state index in [-0.39, 0.29) is 16.5 Å². The molecule has 0 fully saturated rings. The molecule has 4 heteroatoms. The lowest BCUT2D eigenvalue weighted by Crippen LogP contribution is -1.93. The van der Waals surface area contributed by atoms with Crippen LogP contribution >= 0.6 is 11.6 Å². The van der Waals surface area contributed by atoms with E-state index in [0.717, 1.165) is 0 Å². The summed E-state index contributed by atoms with van der Waals surface area (Å²) in [6.45, 7) is 7.24. The Morgan fingerprint density at radius 2 is 2.11 bits per heavy atom. The molecule has 2 aromatic rings. The maximum Gasteiger partial charge on any atom is 0.142 e. The molecule has 1 aromatic carbocycles. The molecule has 2 rings (SSSR count). The van der Waals surface area contributed by atoms with Crippen molar-refractivity contribution < 1.29 is 9.50 Å². The molecule has 0 amide bonds. The van der Waals surface area contributed by atoms with Gasteiger partial charge in [0.2, 0.25) is 0 Å². The fourth-order valence-electron chi connectivity index (χ4n) is 1.74. The third-order valence-corrected chi connectivity index (χ3v) is 2.82. The largest absolute Gasteiger partial charge is 0.506 e. The molecule has 1 N–H and O–H groups in total. The van der Waals surface area contributed by atoms with E-state index in [0.29, 0.717) is 16.8 Å². The summed E-state index contributed by atoms with van der Waals surface area (Å²) in [6.07, 6.45) is 1.51. The third kappa shape index (κ3) is 2.66. The summed E-state index contributed by atoms with van der Waals surface area (Å²) in [5.41, 5.74) is 1.73. The SMILES string of the molecule is C=Cc1nc(-c2cccc(F)c2)c(O)cc1C(=C)Cl. The number of nitrogens with zero attached hydrogens (tertiary/aromatic N) is 1. The highest BCUT2D eigenvalue weighted by atomic mass is 35.5. The number of rotatable bonds is 3. The van der Waals surface area contributed by atoms with Crippen molar-refractivity contribution in [2.24, 2.45) is 0 Å². The van der Waals surface area contributed by atoms with Crippen LogP contribution in [0.1, 0.15) is 11.3 Å². The predicted molar refractivity (Wildman–Crippen MR) is 76.3 cm³/mol. The van der Waals surface area contributed by atoms with Crippen molar-refractivity contribution in [1.29, 1.82) is 0 Å². The number of hydrogen-bond donors (Lipinski definition) is 1. The zero-order valence-corrected chi connectivity index (χ0v) is 10.8. The lowest BCUT2D eigenvalue weighted by atomic mass is 10.1. The molecule has 0 spiro atoms. The fourth-order valence-corrected chi connectivity index (χ4v) is 1.89. The van der Waals surface area contributed by atoms with Crippen LogP contribution in [0.25, 0.3) is 22.4 Å². The lowest BCUT2D eigenvalue weighted by molar-refractivity contribution is 0.474. The molecule has 0 radical (unpaired) electrons. The minimum absolute atomic E-state index is 0.0898. The smallest absolute Gasteiger partial charge is 0.142 e. The quantitative estimate of drug-likeness (QED) is 0.898. The molecule has 0 aliphatic heterocycles. The second-order valence-electron chi connectivity index (χ2n) is 3.91. The highest BCUT2D eigenvalue weighted by Gasteiger charge is 2.12. The van der Waals surface area contributed by atoms with Gasteiger partial charge in [-0.3, -0.25) is 0 Å². The fraction of sp³-hybridized carbons (Fsp3) is 0. The van der Waals surface area contributed by atoms with Crippen molar-refractivity contribution in [3.8, 4) is 17.0 Å². The molecule has 1 aromatic heterocycles. The normalized spacial score (nSPS) is 10.2. The highest BCUT2D eigenvalue weighted by molar-refractivity contribution is 6.48. The van der Waals surface area contributed by atoms with Gasteiger partial charge in [0, 0.05) is 16.2 Å². The first-order chi connectivity index (χ1) is 9.02. The van der Waals surface area contributed by atoms with Gasteiger partial charge in [0.15, 0.2) is 0 Å². The first-order valence-corrected chi connectivity index (χ1v) is 5.88. The first-order valence-electron chi connectivity index (χ1n) is 5.50. The van der Waals surface area contributed by atoms with Crippen LogP contribution in [0.5, 0.6) is 5.75 Å². The van der Waals surface area contributed by atoms with Crippen molar-refractivity contribution in [2.75, 3.05) is 0 Å². The average molecular weight is 276 g/mol. The maximum atomic E-state index is 13.2. The molecule has 0 saturated heterocycles. The molecule has 1 heterocycles. The second-order valence-corrected chi connectivity index (χ2v) is 4.36. The molecular weight excluding hydrogens is 265 g/mol. The Bertz CT molecular complexity index is 667. The highest BCUT2D eigenvalue weighted by Crippen LogP contribution is 2.33. The Kier molecular flexibility index (Phi) is 3.67. The Morgan fingerprint density at radius 1 is 1.37 bits per heavy atom. The average Bonchev–Trinajstić information content (AvgIpc) is 2.38. The molecule has 0 bridgehead atoms. The zero-order chi connectivity index (χ0) is 14.0. The Morgan fingerprint density at radius 3 is 2.68 bits per heavy atom. The first kappa shape index (κ1) is 13.3. The lowest BCUT2D eigenvalue weighted by Gasteiger charge is -2.09. The van der Waals surface area contributed by atoms with E-state index in [1.165, 1.54) is 24.3 Å². The number of benzene rings is 1. The summed E-state index contributed by atoms with van der Waals surface area (Å²) >= 11 is 5.83. The predicted octanol–water partition coefficient (Wildman–Crippen LogP) is 4.45. The molecule has 0 aliphatic carbocycles. The van der Waals surface area contributed by atoms with Crippen LogP contribution in [-0.2, 0) is 0 Å². The van der Waals surface area contributed by atoms with E-state index in [1.807, 2.05) is 0 Å². The van der Waals surface area contributed by atoms with Gasteiger partial charge in [0.25, 0.3) is 0 Å². The van der Waals surface area contributed by atoms with Gasteiger partial charge in [0.05, 0.1) is 5.69 Å². The van der Waals surface area contributed by atoms with Gasteiger partial charge >= 0.3 is 0 Å². The molecule has 96 valence electrons. The van der Waals surface area contributed by atoms with Crippen molar-refractivity contribution >= 4 is 22.7 Å². The topological polar surface area (TPSA) is 33.1 Å². The van der Waals surface area contributed by atoms with Gasteiger partial charge in [-0.1, -0.05) is 36.9 Å². The van der Waals surface area contributed by atoms with Crippen LogP contribution in [0, 0.1) is 5.82 Å². The van der Waals surface area contributed by atoms with E-state index >= 15 is 0 Å². The minimum Gasteiger partial charge on any atom is -0.506 e. The van der Waals surface area contributed by atoms with Gasteiger partial charge < -0.3 is 5.11 Å². The molecular formula is C15H11ClFNO. The van der Waals surface area contributed by atoms with Gasteiger partial charge in [-0.15, -0.1) is 0 Å². The van der Waals surface area contributed by atoms with Gasteiger partial charge in [-0.05, 0) is 24.3 Å².